The van der Waals surface area contributed by atoms with Crippen LogP contribution in [0.25, 0.3) is 6.08 Å². The van der Waals surface area contributed by atoms with E-state index in [9.17, 15) is 9.59 Å². The molecule has 0 amide bonds. The number of esters is 1. The van der Waals surface area contributed by atoms with Crippen LogP contribution < -0.4 is 9.47 Å². The fraction of sp³-hybridized carbons (Fsp3) is 0.238. The Morgan fingerprint density at radius 3 is 2.20 bits per heavy atom. The number of carbonyl (C=O) groups excluding carboxylic acids is 2. The fourth-order valence-corrected chi connectivity index (χ4v) is 2.15. The van der Waals surface area contributed by atoms with Crippen LogP contribution in [0.5, 0.6) is 11.5 Å². The zero-order valence-electron chi connectivity index (χ0n) is 14.3. The molecule has 2 rings (SSSR count). The number of carbonyl (C=O) groups is 2. The van der Waals surface area contributed by atoms with Crippen LogP contribution in [0.3, 0.4) is 0 Å². The van der Waals surface area contributed by atoms with Gasteiger partial charge in [-0.1, -0.05) is 31.9 Å². The highest BCUT2D eigenvalue weighted by molar-refractivity contribution is 5.88. The van der Waals surface area contributed by atoms with Gasteiger partial charge in [-0.2, -0.15) is 0 Å². The van der Waals surface area contributed by atoms with Crippen molar-refractivity contribution < 1.29 is 19.1 Å². The van der Waals surface area contributed by atoms with Crippen molar-refractivity contribution >= 4 is 18.3 Å². The summed E-state index contributed by atoms with van der Waals surface area (Å²) in [5.41, 5.74) is 1.42. The molecule has 0 bridgehead atoms. The van der Waals surface area contributed by atoms with E-state index < -0.39 is 5.97 Å². The van der Waals surface area contributed by atoms with Gasteiger partial charge in [-0.3, -0.25) is 4.79 Å². The lowest BCUT2D eigenvalue weighted by Crippen LogP contribution is -2.03. The molecule has 0 heterocycles. The van der Waals surface area contributed by atoms with Crippen molar-refractivity contribution in [1.29, 1.82) is 0 Å². The van der Waals surface area contributed by atoms with E-state index >= 15 is 0 Å². The van der Waals surface area contributed by atoms with E-state index in [4.69, 9.17) is 9.47 Å². The Labute approximate surface area is 148 Å². The van der Waals surface area contributed by atoms with E-state index in [1.54, 1.807) is 30.3 Å². The number of rotatable bonds is 9. The monoisotopic (exact) mass is 338 g/mol. The summed E-state index contributed by atoms with van der Waals surface area (Å²) in [4.78, 5) is 22.4. The lowest BCUT2D eigenvalue weighted by molar-refractivity contribution is -0.128. The van der Waals surface area contributed by atoms with E-state index in [0.29, 0.717) is 11.3 Å². The third kappa shape index (κ3) is 6.63. The highest BCUT2D eigenvalue weighted by Crippen LogP contribution is 2.15. The van der Waals surface area contributed by atoms with Crippen LogP contribution in [-0.4, -0.2) is 18.9 Å². The molecule has 0 saturated carbocycles. The maximum Gasteiger partial charge on any atom is 0.336 e. The zero-order valence-corrected chi connectivity index (χ0v) is 14.3. The summed E-state index contributed by atoms with van der Waals surface area (Å²) in [6.45, 7) is 2.88. The largest absolute Gasteiger partial charge is 0.494 e. The Kier molecular flexibility index (Phi) is 7.44. The van der Waals surface area contributed by atoms with Gasteiger partial charge in [0.1, 0.15) is 17.8 Å². The molecular weight excluding hydrogens is 316 g/mol. The van der Waals surface area contributed by atoms with Gasteiger partial charge in [0.15, 0.2) is 0 Å². The minimum absolute atomic E-state index is 0.399. The fourth-order valence-electron chi connectivity index (χ4n) is 2.15. The minimum atomic E-state index is -0.473. The average molecular weight is 338 g/mol. The van der Waals surface area contributed by atoms with Crippen LogP contribution in [0.4, 0.5) is 0 Å². The summed E-state index contributed by atoms with van der Waals surface area (Å²) in [5.74, 6) is 0.751. The van der Waals surface area contributed by atoms with Gasteiger partial charge in [-0.05, 0) is 54.5 Å². The van der Waals surface area contributed by atoms with Crippen molar-refractivity contribution in [2.45, 2.75) is 26.2 Å². The number of benzene rings is 2. The molecule has 0 fully saturated rings. The maximum atomic E-state index is 11.8. The van der Waals surface area contributed by atoms with Crippen molar-refractivity contribution in [3.63, 3.8) is 0 Å². The molecule has 0 atom stereocenters. The number of aldehydes is 1. The van der Waals surface area contributed by atoms with Crippen molar-refractivity contribution in [2.75, 3.05) is 6.61 Å². The molecule has 0 unspecified atom stereocenters. The predicted molar refractivity (Wildman–Crippen MR) is 98.0 cm³/mol. The summed E-state index contributed by atoms with van der Waals surface area (Å²) < 4.78 is 10.8. The molecule has 0 aliphatic rings. The molecular formula is C21H22O4. The standard InChI is InChI=1S/C21H22O4/c1-2-3-4-15-24-19-10-5-17(6-11-19)9-14-21(23)25-20-12-7-18(16-22)8-13-20/h5-14,16H,2-4,15H2,1H3/b14-9+. The van der Waals surface area contributed by atoms with E-state index in [1.807, 2.05) is 24.3 Å². The lowest BCUT2D eigenvalue weighted by Gasteiger charge is -2.05. The van der Waals surface area contributed by atoms with E-state index in [1.165, 1.54) is 18.9 Å². The Morgan fingerprint density at radius 1 is 0.920 bits per heavy atom. The molecule has 0 aliphatic carbocycles. The molecule has 4 heteroatoms. The van der Waals surface area contributed by atoms with Gasteiger partial charge >= 0.3 is 5.97 Å². The molecule has 4 nitrogen and oxygen atoms in total. The molecule has 130 valence electrons. The average Bonchev–Trinajstić information content (AvgIpc) is 2.65. The Balaban J connectivity index is 1.83. The molecule has 0 aliphatic heterocycles. The van der Waals surface area contributed by atoms with Gasteiger partial charge in [-0.15, -0.1) is 0 Å². The van der Waals surface area contributed by atoms with Gasteiger partial charge < -0.3 is 9.47 Å². The molecule has 2 aromatic carbocycles. The van der Waals surface area contributed by atoms with Crippen molar-refractivity contribution in [3.8, 4) is 11.5 Å². The van der Waals surface area contributed by atoms with Crippen LogP contribution in [0.15, 0.2) is 54.6 Å². The second-order valence-electron chi connectivity index (χ2n) is 5.57. The van der Waals surface area contributed by atoms with Crippen LogP contribution in [0.2, 0.25) is 0 Å². The molecule has 2 aromatic rings. The summed E-state index contributed by atoms with van der Waals surface area (Å²) in [6.07, 6.45) is 7.18. The highest BCUT2D eigenvalue weighted by Gasteiger charge is 2.01. The topological polar surface area (TPSA) is 52.6 Å². The molecule has 0 radical (unpaired) electrons. The van der Waals surface area contributed by atoms with E-state index in [0.717, 1.165) is 30.6 Å². The molecule has 0 aromatic heterocycles. The summed E-state index contributed by atoms with van der Waals surface area (Å²) in [6, 6.07) is 13.9. The number of unbranched alkanes of at least 4 members (excludes halogenated alkanes) is 2. The first-order valence-corrected chi connectivity index (χ1v) is 8.39. The van der Waals surface area contributed by atoms with Crippen LogP contribution in [0.1, 0.15) is 42.1 Å². The minimum Gasteiger partial charge on any atom is -0.494 e. The van der Waals surface area contributed by atoms with E-state index in [-0.39, 0.29) is 0 Å². The quantitative estimate of drug-likeness (QED) is 0.219. The zero-order chi connectivity index (χ0) is 17.9. The first kappa shape index (κ1) is 18.5. The Bertz CT molecular complexity index is 700. The number of hydrogen-bond acceptors (Lipinski definition) is 4. The van der Waals surface area contributed by atoms with Gasteiger partial charge in [0, 0.05) is 11.6 Å². The number of hydrogen-bond donors (Lipinski definition) is 0. The molecule has 0 saturated heterocycles. The van der Waals surface area contributed by atoms with Gasteiger partial charge in [0.25, 0.3) is 0 Å². The first-order chi connectivity index (χ1) is 12.2. The second-order valence-corrected chi connectivity index (χ2v) is 5.57. The van der Waals surface area contributed by atoms with Crippen LogP contribution in [-0.2, 0) is 4.79 Å². The van der Waals surface area contributed by atoms with Crippen molar-refractivity contribution in [3.05, 3.63) is 65.7 Å². The third-order valence-corrected chi connectivity index (χ3v) is 3.54. The highest BCUT2D eigenvalue weighted by atomic mass is 16.5. The van der Waals surface area contributed by atoms with Crippen molar-refractivity contribution in [2.24, 2.45) is 0 Å². The van der Waals surface area contributed by atoms with Crippen molar-refractivity contribution in [1.82, 2.24) is 0 Å². The molecule has 0 N–H and O–H groups in total. The first-order valence-electron chi connectivity index (χ1n) is 8.39. The van der Waals surface area contributed by atoms with Gasteiger partial charge in [-0.25, -0.2) is 4.79 Å². The normalized spacial score (nSPS) is 10.6. The molecule has 0 spiro atoms. The number of ether oxygens (including phenoxy) is 2. The summed E-state index contributed by atoms with van der Waals surface area (Å²) in [5, 5.41) is 0. The lowest BCUT2D eigenvalue weighted by atomic mass is 10.2. The maximum absolute atomic E-state index is 11.8. The smallest absolute Gasteiger partial charge is 0.336 e. The van der Waals surface area contributed by atoms with Gasteiger partial charge in [0.2, 0.25) is 0 Å². The summed E-state index contributed by atoms with van der Waals surface area (Å²) in [7, 11) is 0. The van der Waals surface area contributed by atoms with Crippen LogP contribution in [0, 0.1) is 0 Å². The predicted octanol–water partition coefficient (Wildman–Crippen LogP) is 4.69. The Hall–Kier alpha value is -2.88. The SMILES string of the molecule is CCCCCOc1ccc(/C=C/C(=O)Oc2ccc(C=O)cc2)cc1. The van der Waals surface area contributed by atoms with Crippen LogP contribution >= 0.6 is 0 Å². The Morgan fingerprint density at radius 2 is 1.56 bits per heavy atom. The third-order valence-electron chi connectivity index (χ3n) is 3.54. The molecule has 25 heavy (non-hydrogen) atoms. The second kappa shape index (κ2) is 10.1. The summed E-state index contributed by atoms with van der Waals surface area (Å²) >= 11 is 0. The van der Waals surface area contributed by atoms with E-state index in [2.05, 4.69) is 6.92 Å². The van der Waals surface area contributed by atoms with Gasteiger partial charge in [0.05, 0.1) is 6.61 Å².